The molecule has 1 aromatic heterocycles. The van der Waals surface area contributed by atoms with E-state index in [-0.39, 0.29) is 30.5 Å². The van der Waals surface area contributed by atoms with Crippen molar-refractivity contribution < 1.29 is 19.5 Å². The number of imide groups is 1. The van der Waals surface area contributed by atoms with Crippen molar-refractivity contribution in [2.24, 2.45) is 0 Å². The summed E-state index contributed by atoms with van der Waals surface area (Å²) in [5, 5.41) is 15.4. The van der Waals surface area contributed by atoms with Crippen LogP contribution in [0, 0.1) is 0 Å². The average Bonchev–Trinajstić information content (AvgIpc) is 2.85. The van der Waals surface area contributed by atoms with Crippen molar-refractivity contribution in [1.29, 1.82) is 0 Å². The number of hydrogen-bond acceptors (Lipinski definition) is 4. The van der Waals surface area contributed by atoms with Crippen molar-refractivity contribution in [3.63, 3.8) is 0 Å². The van der Waals surface area contributed by atoms with Gasteiger partial charge in [-0.1, -0.05) is 18.2 Å². The van der Waals surface area contributed by atoms with Crippen LogP contribution in [-0.4, -0.2) is 33.9 Å². The van der Waals surface area contributed by atoms with E-state index in [1.165, 1.54) is 0 Å². The van der Waals surface area contributed by atoms with Crippen LogP contribution >= 0.6 is 0 Å². The number of amides is 2. The third-order valence-corrected chi connectivity index (χ3v) is 3.79. The Morgan fingerprint density at radius 3 is 2.82 bits per heavy atom. The highest BCUT2D eigenvalue weighted by molar-refractivity contribution is 6.00. The second-order valence-electron chi connectivity index (χ2n) is 5.21. The molecule has 1 fully saturated rings. The molecule has 2 heterocycles. The minimum atomic E-state index is -1.05. The van der Waals surface area contributed by atoms with E-state index in [9.17, 15) is 19.5 Å². The maximum atomic E-state index is 11.7. The van der Waals surface area contributed by atoms with E-state index in [4.69, 9.17) is 0 Å². The van der Waals surface area contributed by atoms with Gasteiger partial charge in [-0.2, -0.15) is 0 Å². The zero-order valence-electron chi connectivity index (χ0n) is 11.7. The van der Waals surface area contributed by atoms with Gasteiger partial charge in [0, 0.05) is 29.4 Å². The van der Waals surface area contributed by atoms with Crippen LogP contribution in [0.1, 0.15) is 28.9 Å². The molecular weight excluding hydrogens is 286 g/mol. The van der Waals surface area contributed by atoms with Crippen LogP contribution in [0.5, 0.6) is 0 Å². The number of piperidine rings is 1. The Bertz CT molecular complexity index is 765. The van der Waals surface area contributed by atoms with Crippen molar-refractivity contribution in [3.05, 3.63) is 35.5 Å². The Hall–Kier alpha value is -2.67. The number of aromatic nitrogens is 1. The lowest BCUT2D eigenvalue weighted by atomic mass is 10.0. The Kier molecular flexibility index (Phi) is 3.64. The summed E-state index contributed by atoms with van der Waals surface area (Å²) in [4.78, 5) is 37.1. The lowest BCUT2D eigenvalue weighted by Gasteiger charge is -2.21. The first kappa shape index (κ1) is 14.3. The van der Waals surface area contributed by atoms with Gasteiger partial charge in [-0.3, -0.25) is 14.9 Å². The Labute approximate surface area is 125 Å². The van der Waals surface area contributed by atoms with Crippen LogP contribution in [-0.2, 0) is 16.1 Å². The molecular formula is C15H15N3O4. The molecule has 3 rings (SSSR count). The van der Waals surface area contributed by atoms with Gasteiger partial charge >= 0.3 is 5.97 Å². The molecule has 1 aromatic carbocycles. The number of carbonyl (C=O) groups is 3. The normalized spacial score (nSPS) is 18.5. The van der Waals surface area contributed by atoms with Gasteiger partial charge in [-0.15, -0.1) is 0 Å². The Morgan fingerprint density at radius 2 is 2.09 bits per heavy atom. The van der Waals surface area contributed by atoms with Gasteiger partial charge in [-0.05, 0) is 12.5 Å². The van der Waals surface area contributed by atoms with Crippen molar-refractivity contribution in [2.45, 2.75) is 25.4 Å². The standard InChI is InChI=1S/C15H15N3O4/c19-12-6-5-11(14(20)18-12)16-7-9-8-3-1-2-4-10(8)17-13(9)15(21)22/h1-4,11,16-17H,5-7H2,(H,21,22)(H,18,19,20). The fourth-order valence-corrected chi connectivity index (χ4v) is 2.68. The summed E-state index contributed by atoms with van der Waals surface area (Å²) in [6.07, 6.45) is 0.693. The third kappa shape index (κ3) is 2.58. The highest BCUT2D eigenvalue weighted by atomic mass is 16.4. The highest BCUT2D eigenvalue weighted by Crippen LogP contribution is 2.22. The molecule has 1 aliphatic heterocycles. The fraction of sp³-hybridized carbons (Fsp3) is 0.267. The number of carbonyl (C=O) groups excluding carboxylic acids is 2. The second-order valence-corrected chi connectivity index (χ2v) is 5.21. The molecule has 0 saturated carbocycles. The van der Waals surface area contributed by atoms with Crippen LogP contribution in [0.15, 0.2) is 24.3 Å². The molecule has 4 N–H and O–H groups in total. The third-order valence-electron chi connectivity index (χ3n) is 3.79. The van der Waals surface area contributed by atoms with E-state index in [2.05, 4.69) is 15.6 Å². The fourth-order valence-electron chi connectivity index (χ4n) is 2.68. The van der Waals surface area contributed by atoms with Crippen molar-refractivity contribution in [1.82, 2.24) is 15.6 Å². The van der Waals surface area contributed by atoms with Crippen LogP contribution in [0.4, 0.5) is 0 Å². The number of benzene rings is 1. The summed E-state index contributed by atoms with van der Waals surface area (Å²) in [6.45, 7) is 0.234. The first-order valence-electron chi connectivity index (χ1n) is 6.96. The van der Waals surface area contributed by atoms with E-state index in [0.29, 0.717) is 12.0 Å². The smallest absolute Gasteiger partial charge is 0.352 e. The molecule has 1 aliphatic rings. The van der Waals surface area contributed by atoms with E-state index in [1.54, 1.807) is 6.07 Å². The van der Waals surface area contributed by atoms with Crippen LogP contribution in [0.3, 0.4) is 0 Å². The minimum Gasteiger partial charge on any atom is -0.477 e. The second kappa shape index (κ2) is 5.61. The molecule has 2 amide bonds. The van der Waals surface area contributed by atoms with Gasteiger partial charge in [0.1, 0.15) is 5.69 Å². The first-order chi connectivity index (χ1) is 10.6. The van der Waals surface area contributed by atoms with Crippen molar-refractivity contribution in [2.75, 3.05) is 0 Å². The van der Waals surface area contributed by atoms with E-state index >= 15 is 0 Å². The quantitative estimate of drug-likeness (QED) is 0.623. The molecule has 7 nitrogen and oxygen atoms in total. The summed E-state index contributed by atoms with van der Waals surface area (Å²) in [5.74, 6) is -1.69. The summed E-state index contributed by atoms with van der Waals surface area (Å²) in [7, 11) is 0. The molecule has 1 saturated heterocycles. The number of carboxylic acids is 1. The minimum absolute atomic E-state index is 0.112. The summed E-state index contributed by atoms with van der Waals surface area (Å²) in [5.41, 5.74) is 1.45. The lowest BCUT2D eigenvalue weighted by Crippen LogP contribution is -2.50. The molecule has 0 spiro atoms. The van der Waals surface area contributed by atoms with Crippen LogP contribution in [0.25, 0.3) is 10.9 Å². The maximum absolute atomic E-state index is 11.7. The molecule has 1 atom stereocenters. The molecule has 2 aromatic rings. The van der Waals surface area contributed by atoms with Gasteiger partial charge in [0.15, 0.2) is 0 Å². The number of para-hydroxylation sites is 1. The topological polar surface area (TPSA) is 111 Å². The van der Waals surface area contributed by atoms with Gasteiger partial charge in [-0.25, -0.2) is 4.79 Å². The number of fused-ring (bicyclic) bond motifs is 1. The highest BCUT2D eigenvalue weighted by Gasteiger charge is 2.27. The summed E-state index contributed by atoms with van der Waals surface area (Å²) >= 11 is 0. The molecule has 7 heteroatoms. The Morgan fingerprint density at radius 1 is 1.32 bits per heavy atom. The van der Waals surface area contributed by atoms with Gasteiger partial charge < -0.3 is 15.4 Å². The number of aromatic carboxylic acids is 1. The molecule has 0 radical (unpaired) electrons. The molecule has 22 heavy (non-hydrogen) atoms. The largest absolute Gasteiger partial charge is 0.477 e. The zero-order valence-corrected chi connectivity index (χ0v) is 11.7. The van der Waals surface area contributed by atoms with E-state index < -0.39 is 12.0 Å². The van der Waals surface area contributed by atoms with Crippen molar-refractivity contribution in [3.8, 4) is 0 Å². The molecule has 114 valence electrons. The van der Waals surface area contributed by atoms with E-state index in [1.807, 2.05) is 18.2 Å². The van der Waals surface area contributed by atoms with Gasteiger partial charge in [0.25, 0.3) is 0 Å². The molecule has 0 bridgehead atoms. The Balaban J connectivity index is 1.84. The van der Waals surface area contributed by atoms with E-state index in [0.717, 1.165) is 10.9 Å². The predicted octanol–water partition coefficient (Wildman–Crippen LogP) is 0.761. The lowest BCUT2D eigenvalue weighted by molar-refractivity contribution is -0.134. The van der Waals surface area contributed by atoms with Crippen LogP contribution < -0.4 is 10.6 Å². The zero-order chi connectivity index (χ0) is 15.7. The maximum Gasteiger partial charge on any atom is 0.352 e. The number of hydrogen-bond donors (Lipinski definition) is 4. The predicted molar refractivity (Wildman–Crippen MR) is 78.3 cm³/mol. The average molecular weight is 301 g/mol. The summed E-state index contributed by atoms with van der Waals surface area (Å²) in [6, 6.07) is 6.80. The number of carboxylic acid groups (broad SMARTS) is 1. The van der Waals surface area contributed by atoms with Crippen molar-refractivity contribution >= 4 is 28.7 Å². The number of H-pyrrole nitrogens is 1. The number of rotatable bonds is 4. The number of nitrogens with one attached hydrogen (secondary N) is 3. The summed E-state index contributed by atoms with van der Waals surface area (Å²) < 4.78 is 0. The van der Waals surface area contributed by atoms with Gasteiger partial charge in [0.05, 0.1) is 6.04 Å². The van der Waals surface area contributed by atoms with Crippen LogP contribution in [0.2, 0.25) is 0 Å². The monoisotopic (exact) mass is 301 g/mol. The SMILES string of the molecule is O=C1CCC(NCc2c(C(=O)O)[nH]c3ccccc23)C(=O)N1. The van der Waals surface area contributed by atoms with Gasteiger partial charge in [0.2, 0.25) is 11.8 Å². The molecule has 1 unspecified atom stereocenters. The molecule has 0 aliphatic carbocycles. The first-order valence-corrected chi connectivity index (χ1v) is 6.96. The number of aromatic amines is 1.